The number of piperidine rings is 1. The van der Waals surface area contributed by atoms with Gasteiger partial charge in [-0.05, 0) is 75.4 Å². The zero-order valence-corrected chi connectivity index (χ0v) is 16.3. The van der Waals surface area contributed by atoms with Gasteiger partial charge < -0.3 is 10.0 Å². The maximum Gasteiger partial charge on any atom is 0.0924 e. The number of likely N-dealkylation sites (tertiary alicyclic amines) is 1. The molecule has 3 heterocycles. The molecule has 0 spiro atoms. The van der Waals surface area contributed by atoms with E-state index >= 15 is 0 Å². The van der Waals surface area contributed by atoms with Crippen molar-refractivity contribution in [3.8, 4) is 11.3 Å². The largest absolute Gasteiger partial charge is 0.396 e. The van der Waals surface area contributed by atoms with Crippen LogP contribution in [0.5, 0.6) is 0 Å². The molecule has 1 aliphatic carbocycles. The second-order valence-corrected chi connectivity index (χ2v) is 8.46. The van der Waals surface area contributed by atoms with Gasteiger partial charge in [-0.25, -0.2) is 4.98 Å². The Morgan fingerprint density at radius 2 is 1.93 bits per heavy atom. The highest BCUT2D eigenvalue weighted by atomic mass is 16.3. The maximum atomic E-state index is 9.20. The summed E-state index contributed by atoms with van der Waals surface area (Å²) in [6.45, 7) is 2.61. The number of aliphatic hydroxyl groups is 1. The van der Waals surface area contributed by atoms with Gasteiger partial charge in [-0.1, -0.05) is 6.07 Å². The van der Waals surface area contributed by atoms with Gasteiger partial charge in [-0.2, -0.15) is 5.10 Å². The fraction of sp³-hybridized carbons (Fsp3) is 0.500. The predicted molar refractivity (Wildman–Crippen MR) is 109 cm³/mol. The first-order chi connectivity index (χ1) is 13.7. The number of aromatic nitrogens is 4. The van der Waals surface area contributed by atoms with Gasteiger partial charge in [0.05, 0.1) is 35.2 Å². The Bertz CT molecular complexity index is 970. The third-order valence-electron chi connectivity index (χ3n) is 6.50. The van der Waals surface area contributed by atoms with Crippen LogP contribution in [0.3, 0.4) is 0 Å². The molecule has 146 valence electrons. The Labute approximate surface area is 165 Å². The lowest BCUT2D eigenvalue weighted by molar-refractivity contribution is 0.105. The second-order valence-electron chi connectivity index (χ2n) is 8.46. The smallest absolute Gasteiger partial charge is 0.0924 e. The molecule has 1 aliphatic heterocycles. The molecule has 2 aromatic heterocycles. The van der Waals surface area contributed by atoms with Crippen molar-refractivity contribution in [2.75, 3.05) is 26.7 Å². The number of hydrogen-bond acceptors (Lipinski definition) is 5. The monoisotopic (exact) mass is 377 g/mol. The Morgan fingerprint density at radius 1 is 1.11 bits per heavy atom. The predicted octanol–water partition coefficient (Wildman–Crippen LogP) is 3.25. The molecule has 0 atom stereocenters. The van der Waals surface area contributed by atoms with Crippen LogP contribution in [0.1, 0.15) is 43.2 Å². The molecule has 2 aliphatic rings. The van der Waals surface area contributed by atoms with Crippen LogP contribution in [0.2, 0.25) is 0 Å². The molecule has 1 saturated carbocycles. The first-order valence-corrected chi connectivity index (χ1v) is 10.3. The van der Waals surface area contributed by atoms with E-state index in [9.17, 15) is 5.11 Å². The maximum absolute atomic E-state index is 9.20. The van der Waals surface area contributed by atoms with Gasteiger partial charge in [0, 0.05) is 18.4 Å². The van der Waals surface area contributed by atoms with Crippen molar-refractivity contribution >= 4 is 11.0 Å². The van der Waals surface area contributed by atoms with Crippen LogP contribution in [0.4, 0.5) is 0 Å². The van der Waals surface area contributed by atoms with Gasteiger partial charge >= 0.3 is 0 Å². The number of rotatable bonds is 4. The van der Waals surface area contributed by atoms with Crippen LogP contribution >= 0.6 is 0 Å². The Hall–Kier alpha value is -2.31. The minimum Gasteiger partial charge on any atom is -0.396 e. The van der Waals surface area contributed by atoms with Crippen molar-refractivity contribution in [3.05, 3.63) is 42.4 Å². The van der Waals surface area contributed by atoms with E-state index in [2.05, 4.69) is 41.4 Å². The van der Waals surface area contributed by atoms with Gasteiger partial charge in [0.1, 0.15) is 0 Å². The highest BCUT2D eigenvalue weighted by Gasteiger charge is 2.30. The summed E-state index contributed by atoms with van der Waals surface area (Å²) in [4.78, 5) is 11.9. The number of benzene rings is 1. The van der Waals surface area contributed by atoms with E-state index in [0.717, 1.165) is 48.2 Å². The summed E-state index contributed by atoms with van der Waals surface area (Å²) in [5.74, 6) is 1.06. The molecule has 1 N–H and O–H groups in total. The van der Waals surface area contributed by atoms with Crippen molar-refractivity contribution in [1.29, 1.82) is 0 Å². The van der Waals surface area contributed by atoms with E-state index in [4.69, 9.17) is 9.97 Å². The lowest BCUT2D eigenvalue weighted by Gasteiger charge is -2.33. The summed E-state index contributed by atoms with van der Waals surface area (Å²) in [5.41, 5.74) is 5.16. The van der Waals surface area contributed by atoms with Crippen LogP contribution < -0.4 is 0 Å². The summed E-state index contributed by atoms with van der Waals surface area (Å²) in [6.07, 6.45) is 10.2. The molecule has 3 aromatic rings. The van der Waals surface area contributed by atoms with E-state index in [0.29, 0.717) is 17.9 Å². The third kappa shape index (κ3) is 3.31. The lowest BCUT2D eigenvalue weighted by atomic mass is 9.81. The molecule has 0 unspecified atom stereocenters. The topological polar surface area (TPSA) is 67.1 Å². The van der Waals surface area contributed by atoms with Gasteiger partial charge in [0.25, 0.3) is 0 Å². The molecule has 0 bridgehead atoms. The number of nitrogens with zero attached hydrogens (tertiary/aromatic N) is 5. The standard InChI is InChI=1S/C22H27N5O/c1-26-6-4-16(5-7-26)17-2-3-20-21(10-17)23-12-22(25-20)18-11-24-27(13-18)19-8-15(9-19)14-28/h2-3,10-13,15-16,19,28H,4-9,14H2,1H3. The van der Waals surface area contributed by atoms with Crippen molar-refractivity contribution in [2.45, 2.75) is 37.6 Å². The molecule has 6 nitrogen and oxygen atoms in total. The van der Waals surface area contributed by atoms with Crippen LogP contribution in [0.25, 0.3) is 22.3 Å². The molecule has 0 radical (unpaired) electrons. The van der Waals surface area contributed by atoms with E-state index in [1.165, 1.54) is 18.4 Å². The van der Waals surface area contributed by atoms with E-state index in [1.807, 2.05) is 17.1 Å². The van der Waals surface area contributed by atoms with Crippen molar-refractivity contribution in [2.24, 2.45) is 5.92 Å². The zero-order valence-electron chi connectivity index (χ0n) is 16.3. The summed E-state index contributed by atoms with van der Waals surface area (Å²) < 4.78 is 2.01. The molecule has 5 rings (SSSR count). The number of fused-ring (bicyclic) bond motifs is 1. The molecular weight excluding hydrogens is 350 g/mol. The van der Waals surface area contributed by atoms with Crippen LogP contribution in [0, 0.1) is 5.92 Å². The first kappa shape index (κ1) is 17.8. The van der Waals surface area contributed by atoms with Crippen molar-refractivity contribution in [1.82, 2.24) is 24.6 Å². The van der Waals surface area contributed by atoms with Crippen LogP contribution in [-0.2, 0) is 0 Å². The molecule has 0 amide bonds. The van der Waals surface area contributed by atoms with E-state index in [-0.39, 0.29) is 6.61 Å². The SMILES string of the molecule is CN1CCC(c2ccc3nc(-c4cnn(C5CC(CO)C5)c4)cnc3c2)CC1. The fourth-order valence-corrected chi connectivity index (χ4v) is 4.50. The average molecular weight is 377 g/mol. The molecule has 2 fully saturated rings. The van der Waals surface area contributed by atoms with E-state index < -0.39 is 0 Å². The Morgan fingerprint density at radius 3 is 2.71 bits per heavy atom. The molecular formula is C22H27N5O. The Balaban J connectivity index is 1.35. The van der Waals surface area contributed by atoms with Gasteiger partial charge in [0.15, 0.2) is 0 Å². The normalized spacial score (nSPS) is 23.8. The summed E-state index contributed by atoms with van der Waals surface area (Å²) >= 11 is 0. The quantitative estimate of drug-likeness (QED) is 0.756. The van der Waals surface area contributed by atoms with Crippen molar-refractivity contribution in [3.63, 3.8) is 0 Å². The zero-order chi connectivity index (χ0) is 19.1. The van der Waals surface area contributed by atoms with Crippen LogP contribution in [0.15, 0.2) is 36.8 Å². The first-order valence-electron chi connectivity index (χ1n) is 10.3. The van der Waals surface area contributed by atoms with Gasteiger partial charge in [0.2, 0.25) is 0 Å². The second kappa shape index (κ2) is 7.26. The summed E-state index contributed by atoms with van der Waals surface area (Å²) in [7, 11) is 2.20. The van der Waals surface area contributed by atoms with Gasteiger partial charge in [-0.15, -0.1) is 0 Å². The van der Waals surface area contributed by atoms with Gasteiger partial charge in [-0.3, -0.25) is 9.67 Å². The van der Waals surface area contributed by atoms with Crippen LogP contribution in [-0.4, -0.2) is 56.5 Å². The minimum atomic E-state index is 0.278. The highest BCUT2D eigenvalue weighted by molar-refractivity contribution is 5.77. The highest BCUT2D eigenvalue weighted by Crippen LogP contribution is 2.37. The summed E-state index contributed by atoms with van der Waals surface area (Å²) in [5, 5.41) is 13.7. The fourth-order valence-electron chi connectivity index (χ4n) is 4.50. The number of hydrogen-bond donors (Lipinski definition) is 1. The van der Waals surface area contributed by atoms with Crippen molar-refractivity contribution < 1.29 is 5.11 Å². The van der Waals surface area contributed by atoms with E-state index in [1.54, 1.807) is 0 Å². The molecule has 28 heavy (non-hydrogen) atoms. The number of aliphatic hydroxyl groups excluding tert-OH is 1. The lowest BCUT2D eigenvalue weighted by Crippen LogP contribution is -2.29. The molecule has 1 aromatic carbocycles. The summed E-state index contributed by atoms with van der Waals surface area (Å²) in [6, 6.07) is 6.96. The minimum absolute atomic E-state index is 0.278. The molecule has 1 saturated heterocycles. The Kier molecular flexibility index (Phi) is 4.61. The third-order valence-corrected chi connectivity index (χ3v) is 6.50. The molecule has 6 heteroatoms. The average Bonchev–Trinajstić information content (AvgIpc) is 3.17.